The molecule has 0 aliphatic heterocycles. The summed E-state index contributed by atoms with van der Waals surface area (Å²) in [6, 6.07) is 0. The zero-order valence-corrected chi connectivity index (χ0v) is 11.6. The van der Waals surface area contributed by atoms with Crippen LogP contribution in [0.1, 0.15) is 17.6 Å². The van der Waals surface area contributed by atoms with E-state index in [1.54, 1.807) is 18.9 Å². The summed E-state index contributed by atoms with van der Waals surface area (Å²) in [6.07, 6.45) is -4.42. The maximum Gasteiger partial charge on any atom is 0.434 e. The minimum Gasteiger partial charge on any atom is -0.396 e. The topological polar surface area (TPSA) is 56.6 Å². The molecule has 1 heterocycles. The number of aliphatic hydroxyl groups is 2. The summed E-state index contributed by atoms with van der Waals surface area (Å²) < 4.78 is 37.2. The number of aliphatic hydroxyl groups excluding tert-OH is 2. The van der Waals surface area contributed by atoms with Crippen LogP contribution in [0.3, 0.4) is 0 Å². The normalized spacial score (nSPS) is 13.3. The van der Waals surface area contributed by atoms with Gasteiger partial charge in [-0.15, -0.1) is 11.3 Å². The molecular formula is C11H17F3N2O2S. The molecule has 2 N–H and O–H groups in total. The van der Waals surface area contributed by atoms with Gasteiger partial charge in [-0.1, -0.05) is 6.92 Å². The van der Waals surface area contributed by atoms with Gasteiger partial charge < -0.3 is 10.2 Å². The standard InChI is InChI=1S/C11H17F3N2O2S/c1-10(6-17,7-18)5-16(2)3-9-15-8(4-19-9)11(12,13)14/h4,17-18H,3,5-7H2,1-2H3. The van der Waals surface area contributed by atoms with Crippen LogP contribution in [-0.2, 0) is 12.7 Å². The van der Waals surface area contributed by atoms with Crippen LogP contribution >= 0.6 is 11.3 Å². The van der Waals surface area contributed by atoms with Gasteiger partial charge >= 0.3 is 6.18 Å². The number of nitrogens with zero attached hydrogens (tertiary/aromatic N) is 2. The summed E-state index contributed by atoms with van der Waals surface area (Å²) in [7, 11) is 1.71. The SMILES string of the molecule is CN(Cc1nc(C(F)(F)F)cs1)CC(C)(CO)CO. The average Bonchev–Trinajstić information content (AvgIpc) is 2.76. The predicted molar refractivity (Wildman–Crippen MR) is 65.7 cm³/mol. The highest BCUT2D eigenvalue weighted by Gasteiger charge is 2.34. The van der Waals surface area contributed by atoms with E-state index < -0.39 is 17.3 Å². The molecule has 0 aromatic carbocycles. The van der Waals surface area contributed by atoms with E-state index in [0.717, 1.165) is 16.7 Å². The van der Waals surface area contributed by atoms with E-state index in [1.165, 1.54) is 0 Å². The monoisotopic (exact) mass is 298 g/mol. The summed E-state index contributed by atoms with van der Waals surface area (Å²) in [5.74, 6) is 0. The summed E-state index contributed by atoms with van der Waals surface area (Å²) in [5.41, 5.74) is -1.56. The lowest BCUT2D eigenvalue weighted by atomic mass is 9.92. The molecular weight excluding hydrogens is 281 g/mol. The maximum atomic E-state index is 12.4. The first-order valence-electron chi connectivity index (χ1n) is 5.62. The number of aromatic nitrogens is 1. The fraction of sp³-hybridized carbons (Fsp3) is 0.727. The second-order valence-corrected chi connectivity index (χ2v) is 5.87. The lowest BCUT2D eigenvalue weighted by Crippen LogP contribution is -2.38. The molecule has 1 aromatic rings. The third-order valence-corrected chi connectivity index (χ3v) is 3.50. The zero-order valence-electron chi connectivity index (χ0n) is 10.7. The Bertz CT molecular complexity index is 405. The molecule has 0 aliphatic rings. The number of rotatable bonds is 6. The molecule has 0 radical (unpaired) electrons. The third kappa shape index (κ3) is 4.72. The Balaban J connectivity index is 2.62. The van der Waals surface area contributed by atoms with Crippen LogP contribution < -0.4 is 0 Å². The van der Waals surface area contributed by atoms with Gasteiger partial charge in [-0.3, -0.25) is 4.90 Å². The van der Waals surface area contributed by atoms with Crippen molar-refractivity contribution in [2.24, 2.45) is 5.41 Å². The molecule has 0 aliphatic carbocycles. The Morgan fingerprint density at radius 2 is 1.89 bits per heavy atom. The smallest absolute Gasteiger partial charge is 0.396 e. The van der Waals surface area contributed by atoms with Gasteiger partial charge in [-0.2, -0.15) is 13.2 Å². The third-order valence-electron chi connectivity index (χ3n) is 2.66. The van der Waals surface area contributed by atoms with E-state index in [1.807, 2.05) is 0 Å². The minimum atomic E-state index is -4.42. The van der Waals surface area contributed by atoms with Crippen molar-refractivity contribution < 1.29 is 23.4 Å². The number of hydrogen-bond acceptors (Lipinski definition) is 5. The van der Waals surface area contributed by atoms with Crippen molar-refractivity contribution in [2.75, 3.05) is 26.8 Å². The first-order valence-corrected chi connectivity index (χ1v) is 6.50. The Morgan fingerprint density at radius 1 is 1.32 bits per heavy atom. The van der Waals surface area contributed by atoms with Crippen LogP contribution in [0.15, 0.2) is 5.38 Å². The van der Waals surface area contributed by atoms with Crippen molar-refractivity contribution in [1.29, 1.82) is 0 Å². The first kappa shape index (κ1) is 16.4. The molecule has 0 saturated carbocycles. The molecule has 1 rings (SSSR count). The molecule has 0 bridgehead atoms. The van der Waals surface area contributed by atoms with Gasteiger partial charge in [0, 0.05) is 17.3 Å². The van der Waals surface area contributed by atoms with Gasteiger partial charge in [-0.05, 0) is 7.05 Å². The molecule has 4 nitrogen and oxygen atoms in total. The number of hydrogen-bond donors (Lipinski definition) is 2. The Morgan fingerprint density at radius 3 is 2.32 bits per heavy atom. The maximum absolute atomic E-state index is 12.4. The van der Waals surface area contributed by atoms with E-state index in [4.69, 9.17) is 10.2 Å². The van der Waals surface area contributed by atoms with Crippen molar-refractivity contribution in [3.63, 3.8) is 0 Å². The molecule has 1 aromatic heterocycles. The predicted octanol–water partition coefficient (Wildman–Crippen LogP) is 1.58. The highest BCUT2D eigenvalue weighted by atomic mass is 32.1. The fourth-order valence-electron chi connectivity index (χ4n) is 1.60. The van der Waals surface area contributed by atoms with E-state index >= 15 is 0 Å². The zero-order chi connectivity index (χ0) is 14.7. The minimum absolute atomic E-state index is 0.195. The van der Waals surface area contributed by atoms with Crippen LogP contribution in [0.25, 0.3) is 0 Å². The summed E-state index contributed by atoms with van der Waals surface area (Å²) in [6.45, 7) is 1.92. The van der Waals surface area contributed by atoms with Crippen LogP contribution in [-0.4, -0.2) is 46.9 Å². The van der Waals surface area contributed by atoms with Gasteiger partial charge in [0.15, 0.2) is 5.69 Å². The van der Waals surface area contributed by atoms with Gasteiger partial charge in [0.25, 0.3) is 0 Å². The van der Waals surface area contributed by atoms with Crippen molar-refractivity contribution in [1.82, 2.24) is 9.88 Å². The summed E-state index contributed by atoms with van der Waals surface area (Å²) in [4.78, 5) is 5.26. The van der Waals surface area contributed by atoms with Gasteiger partial charge in [-0.25, -0.2) is 4.98 Å². The molecule has 0 atom stereocenters. The highest BCUT2D eigenvalue weighted by molar-refractivity contribution is 7.09. The number of thiazole rings is 1. The van der Waals surface area contributed by atoms with E-state index in [9.17, 15) is 13.2 Å². The van der Waals surface area contributed by atoms with Crippen LogP contribution in [0.2, 0.25) is 0 Å². The fourth-order valence-corrected chi connectivity index (χ4v) is 2.48. The molecule has 19 heavy (non-hydrogen) atoms. The molecule has 0 fully saturated rings. The molecule has 0 amide bonds. The first-order chi connectivity index (χ1) is 8.70. The summed E-state index contributed by atoms with van der Waals surface area (Å²) >= 11 is 0.948. The van der Waals surface area contributed by atoms with E-state index in [0.29, 0.717) is 11.6 Å². The Kier molecular flexibility index (Phi) is 5.31. The van der Waals surface area contributed by atoms with Crippen LogP contribution in [0.5, 0.6) is 0 Å². The van der Waals surface area contributed by atoms with Gasteiger partial charge in [0.1, 0.15) is 5.01 Å². The molecule has 0 saturated heterocycles. The lowest BCUT2D eigenvalue weighted by molar-refractivity contribution is -0.140. The Labute approximate surface area is 113 Å². The largest absolute Gasteiger partial charge is 0.434 e. The van der Waals surface area contributed by atoms with Crippen molar-refractivity contribution in [3.8, 4) is 0 Å². The average molecular weight is 298 g/mol. The molecule has 8 heteroatoms. The van der Waals surface area contributed by atoms with Crippen molar-refractivity contribution in [3.05, 3.63) is 16.1 Å². The van der Waals surface area contributed by atoms with Gasteiger partial charge in [0.05, 0.1) is 19.8 Å². The number of halogens is 3. The number of alkyl halides is 3. The quantitative estimate of drug-likeness (QED) is 0.837. The van der Waals surface area contributed by atoms with Crippen LogP contribution in [0.4, 0.5) is 13.2 Å². The van der Waals surface area contributed by atoms with Crippen LogP contribution in [0, 0.1) is 5.41 Å². The second-order valence-electron chi connectivity index (χ2n) is 4.92. The Hall–Kier alpha value is -0.700. The molecule has 110 valence electrons. The molecule has 0 spiro atoms. The highest BCUT2D eigenvalue weighted by Crippen LogP contribution is 2.30. The van der Waals surface area contributed by atoms with Crippen molar-refractivity contribution in [2.45, 2.75) is 19.6 Å². The van der Waals surface area contributed by atoms with Crippen molar-refractivity contribution >= 4 is 11.3 Å². The molecule has 0 unspecified atom stereocenters. The summed E-state index contributed by atoms with van der Waals surface area (Å²) in [5, 5.41) is 19.7. The van der Waals surface area contributed by atoms with E-state index in [2.05, 4.69) is 4.98 Å². The second kappa shape index (κ2) is 6.17. The van der Waals surface area contributed by atoms with E-state index in [-0.39, 0.29) is 19.8 Å². The van der Waals surface area contributed by atoms with Gasteiger partial charge in [0.2, 0.25) is 0 Å². The lowest BCUT2D eigenvalue weighted by Gasteiger charge is -2.29.